The number of fused-ring (bicyclic) bond motifs is 5. The third-order valence-corrected chi connectivity index (χ3v) is 9.60. The van der Waals surface area contributed by atoms with Crippen molar-refractivity contribution in [3.63, 3.8) is 0 Å². The Kier molecular flexibility index (Phi) is 6.54. The van der Waals surface area contributed by atoms with Gasteiger partial charge in [0.05, 0.1) is 45.1 Å². The topological polar surface area (TPSA) is 168 Å². The number of rotatable bonds is 6. The van der Waals surface area contributed by atoms with Crippen LogP contribution >= 0.6 is 0 Å². The van der Waals surface area contributed by atoms with Crippen LogP contribution in [0.3, 0.4) is 0 Å². The molecule has 4 amide bonds. The van der Waals surface area contributed by atoms with Gasteiger partial charge in [0.15, 0.2) is 0 Å². The first-order valence-electron chi connectivity index (χ1n) is 15.1. The van der Waals surface area contributed by atoms with Gasteiger partial charge in [0, 0.05) is 24.3 Å². The standard InChI is InChI=1S/C34H24N6O8/c41-31-25-27(19-9-3-1-4-10-19)37-30-26(32(42)36(34(30)44)22-14-8-16-24(18-22)40(47)48)28(20-11-5-2-6-12-20)38(37)29(25)33(43)35(31)21-13-7-15-23(17-21)39(45)46/h1-18,25-30H. The molecular formula is C34H24N6O8. The number of nitrogens with zero attached hydrogens (tertiary/aromatic N) is 6. The van der Waals surface area contributed by atoms with E-state index in [2.05, 4.69) is 0 Å². The van der Waals surface area contributed by atoms with Gasteiger partial charge in [0.25, 0.3) is 23.2 Å². The molecule has 6 atom stereocenters. The second kappa shape index (κ2) is 10.7. The van der Waals surface area contributed by atoms with Crippen molar-refractivity contribution in [2.75, 3.05) is 9.80 Å². The van der Waals surface area contributed by atoms with E-state index in [1.54, 1.807) is 70.7 Å². The van der Waals surface area contributed by atoms with Gasteiger partial charge in [-0.1, -0.05) is 72.8 Å². The number of hydrogen-bond acceptors (Lipinski definition) is 10. The van der Waals surface area contributed by atoms with E-state index in [4.69, 9.17) is 0 Å². The van der Waals surface area contributed by atoms with E-state index in [0.717, 1.165) is 9.80 Å². The van der Waals surface area contributed by atoms with E-state index < -0.39 is 69.5 Å². The van der Waals surface area contributed by atoms with E-state index in [1.807, 2.05) is 0 Å². The predicted octanol–water partition coefficient (Wildman–Crippen LogP) is 3.95. The summed E-state index contributed by atoms with van der Waals surface area (Å²) in [7, 11) is 0. The predicted molar refractivity (Wildman–Crippen MR) is 168 cm³/mol. The molecule has 238 valence electrons. The van der Waals surface area contributed by atoms with Crippen molar-refractivity contribution in [2.24, 2.45) is 11.8 Å². The van der Waals surface area contributed by atoms with Crippen LogP contribution in [-0.2, 0) is 19.2 Å². The quantitative estimate of drug-likeness (QED) is 0.170. The zero-order chi connectivity index (χ0) is 33.4. The van der Waals surface area contributed by atoms with Crippen LogP contribution in [0.5, 0.6) is 0 Å². The smallest absolute Gasteiger partial charge is 0.271 e. The number of nitro groups is 2. The number of anilines is 2. The van der Waals surface area contributed by atoms with Crippen LogP contribution in [0.1, 0.15) is 23.2 Å². The fourth-order valence-corrected chi connectivity index (χ4v) is 7.80. The Balaban J connectivity index is 1.31. The van der Waals surface area contributed by atoms with Gasteiger partial charge in [0.2, 0.25) is 11.8 Å². The second-order valence-corrected chi connectivity index (χ2v) is 12.0. The largest absolute Gasteiger partial charge is 0.274 e. The molecule has 4 aliphatic rings. The molecule has 8 rings (SSSR count). The maximum Gasteiger partial charge on any atom is 0.271 e. The minimum atomic E-state index is -1.15. The highest BCUT2D eigenvalue weighted by molar-refractivity contribution is 6.26. The third-order valence-electron chi connectivity index (χ3n) is 9.60. The highest BCUT2D eigenvalue weighted by atomic mass is 16.6. The normalized spacial score (nSPS) is 26.6. The lowest BCUT2D eigenvalue weighted by atomic mass is 9.84. The van der Waals surface area contributed by atoms with Gasteiger partial charge in [0.1, 0.15) is 12.1 Å². The Morgan fingerprint density at radius 1 is 0.458 bits per heavy atom. The lowest BCUT2D eigenvalue weighted by Crippen LogP contribution is -2.50. The number of carbonyl (C=O) groups excluding carboxylic acids is 4. The number of non-ortho nitro benzene ring substituents is 2. The molecule has 0 spiro atoms. The number of hydrazine groups is 1. The highest BCUT2D eigenvalue weighted by Gasteiger charge is 2.73. The lowest BCUT2D eigenvalue weighted by Gasteiger charge is -2.35. The van der Waals surface area contributed by atoms with Gasteiger partial charge in [-0.15, -0.1) is 0 Å². The van der Waals surface area contributed by atoms with E-state index in [0.29, 0.717) is 11.1 Å². The van der Waals surface area contributed by atoms with Crippen molar-refractivity contribution >= 4 is 46.4 Å². The van der Waals surface area contributed by atoms with Crippen molar-refractivity contribution in [2.45, 2.75) is 24.2 Å². The fraction of sp³-hybridized carbons (Fsp3) is 0.176. The molecule has 6 unspecified atom stereocenters. The highest BCUT2D eigenvalue weighted by Crippen LogP contribution is 2.59. The van der Waals surface area contributed by atoms with Crippen LogP contribution < -0.4 is 9.80 Å². The van der Waals surface area contributed by atoms with Gasteiger partial charge >= 0.3 is 0 Å². The van der Waals surface area contributed by atoms with Gasteiger partial charge < -0.3 is 0 Å². The Morgan fingerprint density at radius 2 is 0.833 bits per heavy atom. The average molecular weight is 645 g/mol. The van der Waals surface area contributed by atoms with Gasteiger partial charge in [-0.2, -0.15) is 0 Å². The Bertz CT molecular complexity index is 1910. The summed E-state index contributed by atoms with van der Waals surface area (Å²) in [4.78, 5) is 81.6. The summed E-state index contributed by atoms with van der Waals surface area (Å²) in [5.41, 5.74) is 0.763. The molecule has 4 heterocycles. The van der Waals surface area contributed by atoms with Crippen LogP contribution in [0.2, 0.25) is 0 Å². The molecule has 4 saturated heterocycles. The minimum Gasteiger partial charge on any atom is -0.274 e. The molecule has 0 N–H and O–H groups in total. The van der Waals surface area contributed by atoms with Gasteiger partial charge in [-0.3, -0.25) is 39.4 Å². The van der Waals surface area contributed by atoms with Crippen LogP contribution in [0.4, 0.5) is 22.7 Å². The maximum absolute atomic E-state index is 14.5. The molecule has 0 saturated carbocycles. The van der Waals surface area contributed by atoms with Crippen molar-refractivity contribution < 1.29 is 29.0 Å². The SMILES string of the molecule is O=C1C2C(C(=O)N1c1cccc([N+](=O)[O-])c1)N1C(c3ccccc3)C3C(=O)N(c4cccc([N+](=O)[O-])c4)C(=O)C3N1C2c1ccccc1. The van der Waals surface area contributed by atoms with E-state index >= 15 is 0 Å². The van der Waals surface area contributed by atoms with Crippen LogP contribution in [0.15, 0.2) is 109 Å². The first kappa shape index (κ1) is 29.3. The first-order chi connectivity index (χ1) is 23.2. The summed E-state index contributed by atoms with van der Waals surface area (Å²) >= 11 is 0. The monoisotopic (exact) mass is 644 g/mol. The molecule has 0 aliphatic carbocycles. The van der Waals surface area contributed by atoms with E-state index in [-0.39, 0.29) is 22.7 Å². The molecule has 48 heavy (non-hydrogen) atoms. The Morgan fingerprint density at radius 3 is 1.19 bits per heavy atom. The summed E-state index contributed by atoms with van der Waals surface area (Å²) < 4.78 is 0. The van der Waals surface area contributed by atoms with Crippen molar-refractivity contribution in [3.8, 4) is 0 Å². The summed E-state index contributed by atoms with van der Waals surface area (Å²) in [6.07, 6.45) is 0. The van der Waals surface area contributed by atoms with Crippen LogP contribution in [-0.4, -0.2) is 55.6 Å². The average Bonchev–Trinajstić information content (AvgIpc) is 3.77. The second-order valence-electron chi connectivity index (χ2n) is 12.0. The Labute approximate surface area is 271 Å². The number of carbonyl (C=O) groups is 4. The number of nitro benzene ring substituents is 2. The van der Waals surface area contributed by atoms with Gasteiger partial charge in [-0.25, -0.2) is 19.8 Å². The first-order valence-corrected chi connectivity index (χ1v) is 15.1. The van der Waals surface area contributed by atoms with E-state index in [1.165, 1.54) is 48.5 Å². The number of hydrogen-bond donors (Lipinski definition) is 0. The van der Waals surface area contributed by atoms with Crippen LogP contribution in [0, 0.1) is 32.1 Å². The number of imide groups is 2. The van der Waals surface area contributed by atoms with Crippen molar-refractivity contribution in [1.82, 2.24) is 10.0 Å². The summed E-state index contributed by atoms with van der Waals surface area (Å²) in [5.74, 6) is -4.54. The molecule has 4 fully saturated rings. The van der Waals surface area contributed by atoms with Crippen molar-refractivity contribution in [3.05, 3.63) is 141 Å². The summed E-state index contributed by atoms with van der Waals surface area (Å²) in [6.45, 7) is 0. The zero-order valence-electron chi connectivity index (χ0n) is 24.8. The van der Waals surface area contributed by atoms with E-state index in [9.17, 15) is 39.4 Å². The molecule has 4 aromatic carbocycles. The zero-order valence-corrected chi connectivity index (χ0v) is 24.8. The maximum atomic E-state index is 14.5. The van der Waals surface area contributed by atoms with Crippen LogP contribution in [0.25, 0.3) is 0 Å². The molecule has 14 heteroatoms. The molecule has 4 aliphatic heterocycles. The Hall–Kier alpha value is -6.12. The molecule has 14 nitrogen and oxygen atoms in total. The summed E-state index contributed by atoms with van der Waals surface area (Å²) in [5, 5.41) is 26.5. The molecule has 0 radical (unpaired) electrons. The number of amides is 4. The third kappa shape index (κ3) is 4.06. The fourth-order valence-electron chi connectivity index (χ4n) is 7.80. The summed E-state index contributed by atoms with van der Waals surface area (Å²) in [6, 6.07) is 24.3. The molecule has 4 aromatic rings. The van der Waals surface area contributed by atoms with Crippen molar-refractivity contribution in [1.29, 1.82) is 0 Å². The van der Waals surface area contributed by atoms with Gasteiger partial charge in [-0.05, 0) is 23.3 Å². The molecule has 0 bridgehead atoms. The minimum absolute atomic E-state index is 0.0478. The molecular weight excluding hydrogens is 620 g/mol. The number of benzene rings is 4. The lowest BCUT2D eigenvalue weighted by molar-refractivity contribution is -0.385. The molecule has 0 aromatic heterocycles.